The van der Waals surface area contributed by atoms with E-state index in [0.717, 1.165) is 18.7 Å². The zero-order chi connectivity index (χ0) is 19.5. The van der Waals surface area contributed by atoms with Crippen LogP contribution < -0.4 is 4.90 Å². The fraction of sp³-hybridized carbons (Fsp3) is 0.529. The Morgan fingerprint density at radius 3 is 2.50 bits per heavy atom. The fourth-order valence-corrected chi connectivity index (χ4v) is 3.59. The molecular formula is C17H22FNO6S. The lowest BCUT2D eigenvalue weighted by molar-refractivity contribution is -0.140. The van der Waals surface area contributed by atoms with Crippen LogP contribution in [0.4, 0.5) is 14.9 Å². The molecule has 1 saturated heterocycles. The molecule has 9 heteroatoms. The van der Waals surface area contributed by atoms with Crippen LogP contribution in [0.2, 0.25) is 0 Å². The van der Waals surface area contributed by atoms with Gasteiger partial charge in [-0.25, -0.2) is 13.2 Å². The number of carbonyl (C=O) groups excluding carboxylic acids is 1. The molecule has 1 N–H and O–H groups in total. The molecule has 0 saturated carbocycles. The molecule has 2 rings (SSSR count). The molecule has 2 atom stereocenters. The van der Waals surface area contributed by atoms with Crippen LogP contribution in [0.15, 0.2) is 24.3 Å². The first-order valence-corrected chi connectivity index (χ1v) is 10.0. The Hall–Kier alpha value is -2.16. The summed E-state index contributed by atoms with van der Waals surface area (Å²) in [7, 11) is -3.91. The third kappa shape index (κ3) is 4.14. The molecule has 2 unspecified atom stereocenters. The van der Waals surface area contributed by atoms with E-state index in [4.69, 9.17) is 4.74 Å². The van der Waals surface area contributed by atoms with Gasteiger partial charge in [0.1, 0.15) is 6.10 Å². The second kappa shape index (κ2) is 7.61. The molecular weight excluding hydrogens is 365 g/mol. The standard InChI is InChI=1S/C17H22FNO6S/c1-17(15(20)21,26(2,23)24)10-14-11-19(16(22)25-14)13-7-5-12(6-8-13)4-3-9-18/h5-8,14H,3-4,9-11H2,1-2H3,(H,20,21). The predicted octanol–water partition coefficient (Wildman–Crippen LogP) is 2.19. The lowest BCUT2D eigenvalue weighted by Crippen LogP contribution is -2.46. The summed E-state index contributed by atoms with van der Waals surface area (Å²) < 4.78 is 39.1. The second-order valence-electron chi connectivity index (χ2n) is 6.59. The first kappa shape index (κ1) is 20.2. The molecule has 26 heavy (non-hydrogen) atoms. The number of alkyl halides is 1. The Morgan fingerprint density at radius 1 is 1.38 bits per heavy atom. The molecule has 7 nitrogen and oxygen atoms in total. The van der Waals surface area contributed by atoms with Gasteiger partial charge in [0.05, 0.1) is 13.2 Å². The van der Waals surface area contributed by atoms with Gasteiger partial charge in [-0.3, -0.25) is 14.1 Å². The van der Waals surface area contributed by atoms with E-state index in [1.165, 1.54) is 4.90 Å². The molecule has 1 aromatic rings. The number of amides is 1. The lowest BCUT2D eigenvalue weighted by atomic mass is 10.0. The van der Waals surface area contributed by atoms with Crippen molar-refractivity contribution in [3.8, 4) is 0 Å². The summed E-state index contributed by atoms with van der Waals surface area (Å²) >= 11 is 0. The number of aryl methyl sites for hydroxylation is 1. The smallest absolute Gasteiger partial charge is 0.414 e. The summed E-state index contributed by atoms with van der Waals surface area (Å²) in [4.78, 5) is 24.9. The quantitative estimate of drug-likeness (QED) is 0.734. The van der Waals surface area contributed by atoms with Gasteiger partial charge in [-0.1, -0.05) is 12.1 Å². The van der Waals surface area contributed by atoms with Gasteiger partial charge in [0.2, 0.25) is 0 Å². The zero-order valence-electron chi connectivity index (χ0n) is 14.6. The number of rotatable bonds is 8. The highest BCUT2D eigenvalue weighted by molar-refractivity contribution is 7.92. The minimum absolute atomic E-state index is 0.0566. The molecule has 0 bridgehead atoms. The van der Waals surface area contributed by atoms with Crippen molar-refractivity contribution in [1.29, 1.82) is 0 Å². The molecule has 1 aliphatic heterocycles. The average Bonchev–Trinajstić information content (AvgIpc) is 2.92. The number of nitrogens with zero attached hydrogens (tertiary/aromatic N) is 1. The highest BCUT2D eigenvalue weighted by Crippen LogP contribution is 2.30. The highest BCUT2D eigenvalue weighted by atomic mass is 32.2. The number of carbonyl (C=O) groups is 2. The number of carboxylic acid groups (broad SMARTS) is 1. The molecule has 0 spiro atoms. The minimum atomic E-state index is -3.91. The number of cyclic esters (lactones) is 1. The van der Waals surface area contributed by atoms with Gasteiger partial charge < -0.3 is 9.84 Å². The Balaban J connectivity index is 2.12. The number of halogens is 1. The van der Waals surface area contributed by atoms with Gasteiger partial charge in [-0.05, 0) is 37.5 Å². The van der Waals surface area contributed by atoms with Crippen LogP contribution in [0.3, 0.4) is 0 Å². The maximum Gasteiger partial charge on any atom is 0.414 e. The Labute approximate surface area is 151 Å². The van der Waals surface area contributed by atoms with Crippen LogP contribution in [0.5, 0.6) is 0 Å². The number of anilines is 1. The summed E-state index contributed by atoms with van der Waals surface area (Å²) in [5, 5.41) is 9.32. The van der Waals surface area contributed by atoms with Crippen molar-refractivity contribution >= 4 is 27.6 Å². The van der Waals surface area contributed by atoms with Crippen LogP contribution in [-0.2, 0) is 25.8 Å². The van der Waals surface area contributed by atoms with Gasteiger partial charge in [0.25, 0.3) is 0 Å². The average molecular weight is 387 g/mol. The maximum absolute atomic E-state index is 12.2. The summed E-state index contributed by atoms with van der Waals surface area (Å²) in [6.07, 6.45) is 0.0167. The van der Waals surface area contributed by atoms with Crippen molar-refractivity contribution in [2.45, 2.75) is 37.0 Å². The topological polar surface area (TPSA) is 101 Å². The Morgan fingerprint density at radius 2 is 2.00 bits per heavy atom. The highest BCUT2D eigenvalue weighted by Gasteiger charge is 2.48. The van der Waals surface area contributed by atoms with Gasteiger partial charge in [-0.2, -0.15) is 0 Å². The second-order valence-corrected chi connectivity index (χ2v) is 9.03. The zero-order valence-corrected chi connectivity index (χ0v) is 15.5. The minimum Gasteiger partial charge on any atom is -0.480 e. The van der Waals surface area contributed by atoms with Gasteiger partial charge in [0.15, 0.2) is 14.6 Å². The van der Waals surface area contributed by atoms with Gasteiger partial charge in [-0.15, -0.1) is 0 Å². The molecule has 1 amide bonds. The first-order chi connectivity index (χ1) is 12.1. The van der Waals surface area contributed by atoms with E-state index >= 15 is 0 Å². The maximum atomic E-state index is 12.2. The number of benzene rings is 1. The van der Waals surface area contributed by atoms with Crippen molar-refractivity contribution < 1.29 is 32.2 Å². The molecule has 0 aromatic heterocycles. The number of ether oxygens (including phenoxy) is 1. The number of aliphatic carboxylic acids is 1. The summed E-state index contributed by atoms with van der Waals surface area (Å²) in [5.41, 5.74) is 1.49. The third-order valence-corrected chi connectivity index (χ3v) is 6.59. The van der Waals surface area contributed by atoms with Crippen LogP contribution >= 0.6 is 0 Å². The van der Waals surface area contributed by atoms with Crippen molar-refractivity contribution in [3.05, 3.63) is 29.8 Å². The molecule has 1 fully saturated rings. The van der Waals surface area contributed by atoms with Crippen molar-refractivity contribution in [3.63, 3.8) is 0 Å². The monoisotopic (exact) mass is 387 g/mol. The van der Waals surface area contributed by atoms with E-state index < -0.39 is 39.4 Å². The number of sulfone groups is 1. The largest absolute Gasteiger partial charge is 0.480 e. The van der Waals surface area contributed by atoms with Gasteiger partial charge >= 0.3 is 12.1 Å². The molecule has 1 aromatic carbocycles. The van der Waals surface area contributed by atoms with Crippen molar-refractivity contribution in [1.82, 2.24) is 0 Å². The van der Waals surface area contributed by atoms with Crippen molar-refractivity contribution in [2.75, 3.05) is 24.4 Å². The van der Waals surface area contributed by atoms with Crippen LogP contribution in [0.1, 0.15) is 25.3 Å². The number of carboxylic acids is 1. The molecule has 0 aliphatic carbocycles. The van der Waals surface area contributed by atoms with E-state index in [2.05, 4.69) is 0 Å². The SMILES string of the molecule is CC(CC1CN(c2ccc(CCCF)cc2)C(=O)O1)(C(=O)O)S(C)(=O)=O. The summed E-state index contributed by atoms with van der Waals surface area (Å²) in [5.74, 6) is -1.48. The molecule has 1 heterocycles. The van der Waals surface area contributed by atoms with Crippen LogP contribution in [0.25, 0.3) is 0 Å². The normalized spacial score (nSPS) is 19.9. The molecule has 1 aliphatic rings. The van der Waals surface area contributed by atoms with Crippen LogP contribution in [-0.4, -0.2) is 55.9 Å². The number of hydrogen-bond acceptors (Lipinski definition) is 5. The van der Waals surface area contributed by atoms with Crippen molar-refractivity contribution in [2.24, 2.45) is 0 Å². The summed E-state index contributed by atoms with van der Waals surface area (Å²) in [6, 6.07) is 6.96. The van der Waals surface area contributed by atoms with E-state index in [1.54, 1.807) is 24.3 Å². The van der Waals surface area contributed by atoms with E-state index in [-0.39, 0.29) is 13.0 Å². The van der Waals surface area contributed by atoms with Crippen LogP contribution in [0, 0.1) is 0 Å². The van der Waals surface area contributed by atoms with Gasteiger partial charge in [0, 0.05) is 18.4 Å². The van der Waals surface area contributed by atoms with E-state index in [1.807, 2.05) is 0 Å². The predicted molar refractivity (Wildman–Crippen MR) is 93.9 cm³/mol. The fourth-order valence-electron chi connectivity index (χ4n) is 2.78. The van der Waals surface area contributed by atoms with E-state index in [9.17, 15) is 27.5 Å². The Kier molecular flexibility index (Phi) is 5.90. The molecule has 144 valence electrons. The number of hydrogen-bond donors (Lipinski definition) is 1. The molecule has 0 radical (unpaired) electrons. The van der Waals surface area contributed by atoms with E-state index in [0.29, 0.717) is 18.5 Å². The summed E-state index contributed by atoms with van der Waals surface area (Å²) in [6.45, 7) is 0.770. The first-order valence-electron chi connectivity index (χ1n) is 8.14. The third-order valence-electron chi connectivity index (χ3n) is 4.61. The lowest BCUT2D eigenvalue weighted by Gasteiger charge is -2.24. The Bertz CT molecular complexity index is 779.